The van der Waals surface area contributed by atoms with E-state index in [-0.39, 0.29) is 12.1 Å². The number of guanidine groups is 1. The molecule has 0 unspecified atom stereocenters. The van der Waals surface area contributed by atoms with E-state index >= 15 is 0 Å². The van der Waals surface area contributed by atoms with Gasteiger partial charge in [0.2, 0.25) is 0 Å². The first-order valence-electron chi connectivity index (χ1n) is 9.59. The van der Waals surface area contributed by atoms with Gasteiger partial charge in [-0.1, -0.05) is 35.5 Å². The van der Waals surface area contributed by atoms with Gasteiger partial charge in [-0.15, -0.1) is 0 Å². The molecule has 0 atom stereocenters. The highest BCUT2D eigenvalue weighted by Crippen LogP contribution is 2.19. The minimum Gasteiger partial charge on any atom is -0.450 e. The minimum absolute atomic E-state index is 0.233. The van der Waals surface area contributed by atoms with Crippen LogP contribution in [-0.4, -0.2) is 54.9 Å². The van der Waals surface area contributed by atoms with E-state index in [4.69, 9.17) is 9.26 Å². The van der Waals surface area contributed by atoms with Crippen LogP contribution < -0.4 is 10.6 Å². The number of amides is 1. The number of hydrogen-bond acceptors (Lipinski definition) is 5. The second-order valence-corrected chi connectivity index (χ2v) is 6.58. The van der Waals surface area contributed by atoms with Crippen molar-refractivity contribution < 1.29 is 14.1 Å². The van der Waals surface area contributed by atoms with Crippen LogP contribution >= 0.6 is 0 Å². The Morgan fingerprint density at radius 3 is 2.75 bits per heavy atom. The van der Waals surface area contributed by atoms with Crippen molar-refractivity contribution in [2.24, 2.45) is 4.99 Å². The van der Waals surface area contributed by atoms with E-state index in [0.717, 1.165) is 29.9 Å². The van der Waals surface area contributed by atoms with Crippen molar-refractivity contribution in [3.05, 3.63) is 42.1 Å². The largest absolute Gasteiger partial charge is 0.450 e. The number of aliphatic imine (C=N–C) groups is 1. The minimum atomic E-state index is -0.233. The van der Waals surface area contributed by atoms with Crippen LogP contribution in [0, 0.1) is 0 Å². The highest BCUT2D eigenvalue weighted by atomic mass is 16.6. The van der Waals surface area contributed by atoms with Crippen molar-refractivity contribution in [2.75, 3.05) is 26.7 Å². The number of likely N-dealkylation sites (tertiary alicyclic amines) is 1. The first-order valence-corrected chi connectivity index (χ1v) is 9.59. The number of ether oxygens (including phenoxy) is 1. The van der Waals surface area contributed by atoms with E-state index in [9.17, 15) is 4.79 Å². The number of piperidine rings is 1. The zero-order chi connectivity index (χ0) is 19.8. The lowest BCUT2D eigenvalue weighted by molar-refractivity contribution is 0.0963. The predicted molar refractivity (Wildman–Crippen MR) is 107 cm³/mol. The SMILES string of the molecule is CCOC(=O)N1CCC(NC(=NC)NCc2cc(-c3ccccc3)on2)CC1. The molecule has 1 fully saturated rings. The number of nitrogens with zero attached hydrogens (tertiary/aromatic N) is 3. The summed E-state index contributed by atoms with van der Waals surface area (Å²) in [6.45, 7) is 4.09. The summed E-state index contributed by atoms with van der Waals surface area (Å²) >= 11 is 0. The molecule has 1 aromatic heterocycles. The molecule has 150 valence electrons. The highest BCUT2D eigenvalue weighted by Gasteiger charge is 2.24. The molecule has 0 radical (unpaired) electrons. The van der Waals surface area contributed by atoms with Crippen LogP contribution in [0.5, 0.6) is 0 Å². The number of aromatic nitrogens is 1. The third-order valence-electron chi connectivity index (χ3n) is 4.64. The maximum atomic E-state index is 11.8. The standard InChI is InChI=1S/C20H27N5O3/c1-3-27-20(26)25-11-9-16(10-12-25)23-19(21-2)22-14-17-13-18(28-24-17)15-7-5-4-6-8-15/h4-8,13,16H,3,9-12,14H2,1-2H3,(H2,21,22,23). The fourth-order valence-corrected chi connectivity index (χ4v) is 3.12. The van der Waals surface area contributed by atoms with Gasteiger partial charge in [0.1, 0.15) is 5.69 Å². The van der Waals surface area contributed by atoms with Gasteiger partial charge in [0.15, 0.2) is 11.7 Å². The zero-order valence-electron chi connectivity index (χ0n) is 16.4. The first-order chi connectivity index (χ1) is 13.7. The molecule has 8 heteroatoms. The Kier molecular flexibility index (Phi) is 6.89. The Morgan fingerprint density at radius 2 is 2.07 bits per heavy atom. The lowest BCUT2D eigenvalue weighted by atomic mass is 10.1. The summed E-state index contributed by atoms with van der Waals surface area (Å²) in [6, 6.07) is 12.1. The monoisotopic (exact) mass is 385 g/mol. The molecule has 1 aliphatic heterocycles. The van der Waals surface area contributed by atoms with Crippen molar-refractivity contribution in [2.45, 2.75) is 32.4 Å². The summed E-state index contributed by atoms with van der Waals surface area (Å²) in [7, 11) is 1.74. The summed E-state index contributed by atoms with van der Waals surface area (Å²) in [5.74, 6) is 1.45. The molecule has 1 aliphatic rings. The van der Waals surface area contributed by atoms with Crippen LogP contribution in [-0.2, 0) is 11.3 Å². The Bertz CT molecular complexity index is 782. The third-order valence-corrected chi connectivity index (χ3v) is 4.64. The third kappa shape index (κ3) is 5.25. The van der Waals surface area contributed by atoms with Gasteiger partial charge >= 0.3 is 6.09 Å². The van der Waals surface area contributed by atoms with Crippen LogP contribution in [0.25, 0.3) is 11.3 Å². The molecular weight excluding hydrogens is 358 g/mol. The maximum absolute atomic E-state index is 11.8. The van der Waals surface area contributed by atoms with Gasteiger partial charge in [0.05, 0.1) is 13.2 Å². The van der Waals surface area contributed by atoms with Crippen molar-refractivity contribution in [3.8, 4) is 11.3 Å². The van der Waals surface area contributed by atoms with Gasteiger partial charge in [-0.2, -0.15) is 0 Å². The normalized spacial score (nSPS) is 15.4. The summed E-state index contributed by atoms with van der Waals surface area (Å²) in [6.07, 6.45) is 1.47. The van der Waals surface area contributed by atoms with Crippen LogP contribution in [0.3, 0.4) is 0 Å². The van der Waals surface area contributed by atoms with E-state index in [1.807, 2.05) is 43.3 Å². The molecule has 2 N–H and O–H groups in total. The molecule has 1 aromatic carbocycles. The molecule has 2 heterocycles. The van der Waals surface area contributed by atoms with Gasteiger partial charge < -0.3 is 24.8 Å². The first kappa shape index (κ1) is 19.7. The molecule has 28 heavy (non-hydrogen) atoms. The summed E-state index contributed by atoms with van der Waals surface area (Å²) in [4.78, 5) is 17.8. The van der Waals surface area contributed by atoms with Crippen molar-refractivity contribution in [1.29, 1.82) is 0 Å². The highest BCUT2D eigenvalue weighted by molar-refractivity contribution is 5.80. The van der Waals surface area contributed by atoms with E-state index in [0.29, 0.717) is 32.2 Å². The van der Waals surface area contributed by atoms with E-state index in [1.165, 1.54) is 0 Å². The number of benzene rings is 1. The van der Waals surface area contributed by atoms with Gasteiger partial charge in [0.25, 0.3) is 0 Å². The molecule has 0 spiro atoms. The second-order valence-electron chi connectivity index (χ2n) is 6.58. The number of rotatable bonds is 5. The molecule has 0 bridgehead atoms. The molecule has 0 aliphatic carbocycles. The lowest BCUT2D eigenvalue weighted by Gasteiger charge is -2.32. The molecule has 0 saturated carbocycles. The number of carbonyl (C=O) groups excluding carboxylic acids is 1. The fourth-order valence-electron chi connectivity index (χ4n) is 3.12. The molecule has 3 rings (SSSR count). The Hall–Kier alpha value is -3.03. The summed E-state index contributed by atoms with van der Waals surface area (Å²) in [5.41, 5.74) is 1.80. The molecule has 1 saturated heterocycles. The molecular formula is C20H27N5O3. The molecule has 2 aromatic rings. The molecule has 1 amide bonds. The van der Waals surface area contributed by atoms with Crippen LogP contribution in [0.2, 0.25) is 0 Å². The predicted octanol–water partition coefficient (Wildman–Crippen LogP) is 2.63. The van der Waals surface area contributed by atoms with Crippen LogP contribution in [0.4, 0.5) is 4.79 Å². The summed E-state index contributed by atoms with van der Waals surface area (Å²) < 4.78 is 10.5. The number of carbonyl (C=O) groups is 1. The Labute approximate surface area is 164 Å². The van der Waals surface area contributed by atoms with Crippen molar-refractivity contribution in [3.63, 3.8) is 0 Å². The van der Waals surface area contributed by atoms with Gasteiger partial charge in [-0.05, 0) is 19.8 Å². The van der Waals surface area contributed by atoms with Crippen molar-refractivity contribution in [1.82, 2.24) is 20.7 Å². The smallest absolute Gasteiger partial charge is 0.409 e. The average molecular weight is 385 g/mol. The van der Waals surface area contributed by atoms with Gasteiger partial charge in [0, 0.05) is 37.8 Å². The maximum Gasteiger partial charge on any atom is 0.409 e. The quantitative estimate of drug-likeness (QED) is 0.607. The average Bonchev–Trinajstić information content (AvgIpc) is 3.21. The number of hydrogen-bond donors (Lipinski definition) is 2. The Balaban J connectivity index is 1.46. The van der Waals surface area contributed by atoms with E-state index in [1.54, 1.807) is 11.9 Å². The fraction of sp³-hybridized carbons (Fsp3) is 0.450. The molecule has 8 nitrogen and oxygen atoms in total. The second kappa shape index (κ2) is 9.77. The van der Waals surface area contributed by atoms with Crippen molar-refractivity contribution >= 4 is 12.1 Å². The Morgan fingerprint density at radius 1 is 1.32 bits per heavy atom. The van der Waals surface area contributed by atoms with E-state index in [2.05, 4.69) is 20.8 Å². The van der Waals surface area contributed by atoms with E-state index < -0.39 is 0 Å². The lowest BCUT2D eigenvalue weighted by Crippen LogP contribution is -2.49. The number of nitrogens with one attached hydrogen (secondary N) is 2. The van der Waals surface area contributed by atoms with Crippen LogP contribution in [0.15, 0.2) is 45.9 Å². The van der Waals surface area contributed by atoms with Gasteiger partial charge in [-0.3, -0.25) is 4.99 Å². The van der Waals surface area contributed by atoms with Gasteiger partial charge in [-0.25, -0.2) is 4.79 Å². The van der Waals surface area contributed by atoms with Crippen LogP contribution in [0.1, 0.15) is 25.5 Å². The summed E-state index contributed by atoms with van der Waals surface area (Å²) in [5, 5.41) is 10.8. The topological polar surface area (TPSA) is 92.0 Å². The zero-order valence-corrected chi connectivity index (χ0v) is 16.4.